The molecule has 0 unspecified atom stereocenters. The van der Waals surface area contributed by atoms with E-state index in [1.165, 1.54) is 4.90 Å². The number of imide groups is 1. The van der Waals surface area contributed by atoms with E-state index in [0.29, 0.717) is 34.5 Å². The number of amides is 3. The molecule has 0 aromatic heterocycles. The maximum absolute atomic E-state index is 12.8. The van der Waals surface area contributed by atoms with Gasteiger partial charge in [0.2, 0.25) is 5.91 Å². The van der Waals surface area contributed by atoms with E-state index in [1.807, 2.05) is 36.4 Å². The molecule has 1 heterocycles. The number of nitrogens with one attached hydrogen (secondary N) is 1. The summed E-state index contributed by atoms with van der Waals surface area (Å²) in [5.41, 5.74) is 1.98. The van der Waals surface area contributed by atoms with Crippen LogP contribution in [0.2, 0.25) is 5.02 Å². The molecule has 0 radical (unpaired) electrons. The first-order valence-corrected chi connectivity index (χ1v) is 9.81. The van der Waals surface area contributed by atoms with Crippen LogP contribution in [0.15, 0.2) is 60.7 Å². The Hall–Kier alpha value is -3.18. The summed E-state index contributed by atoms with van der Waals surface area (Å²) in [5.74, 6) is -0.748. The van der Waals surface area contributed by atoms with Crippen LogP contribution in [-0.2, 0) is 11.3 Å². The van der Waals surface area contributed by atoms with Crippen molar-refractivity contribution in [1.82, 2.24) is 10.2 Å². The van der Waals surface area contributed by atoms with Gasteiger partial charge in [-0.1, -0.05) is 48.0 Å². The van der Waals surface area contributed by atoms with Crippen molar-refractivity contribution in [3.8, 4) is 0 Å². The van der Waals surface area contributed by atoms with E-state index in [-0.39, 0.29) is 30.7 Å². The summed E-state index contributed by atoms with van der Waals surface area (Å²) in [6.45, 7) is 0.587. The van der Waals surface area contributed by atoms with E-state index >= 15 is 0 Å². The molecule has 3 aromatic carbocycles. The van der Waals surface area contributed by atoms with E-state index < -0.39 is 0 Å². The SMILES string of the molecule is O=C(CCCN1C(=O)c2cccc3cccc(c23)C1=O)NCc1cccc(Cl)c1. The number of rotatable bonds is 6. The number of carbonyl (C=O) groups is 3. The average Bonchev–Trinajstić information content (AvgIpc) is 2.73. The van der Waals surface area contributed by atoms with Gasteiger partial charge in [0.05, 0.1) is 0 Å². The fourth-order valence-corrected chi connectivity index (χ4v) is 3.83. The smallest absolute Gasteiger partial charge is 0.261 e. The van der Waals surface area contributed by atoms with Gasteiger partial charge in [-0.15, -0.1) is 0 Å². The molecule has 146 valence electrons. The second-order valence-electron chi connectivity index (χ2n) is 6.98. The Kier molecular flexibility index (Phi) is 5.32. The molecular formula is C23H19ClN2O3. The van der Waals surface area contributed by atoms with Gasteiger partial charge in [0.25, 0.3) is 11.8 Å². The van der Waals surface area contributed by atoms with Gasteiger partial charge in [-0.05, 0) is 41.6 Å². The standard InChI is InChI=1S/C23H19ClN2O3/c24-17-8-1-5-15(13-17)14-25-20(27)11-4-12-26-22(28)18-9-2-6-16-7-3-10-19(21(16)18)23(26)29/h1-3,5-10,13H,4,11-12,14H2,(H,25,27). The van der Waals surface area contributed by atoms with Crippen LogP contribution < -0.4 is 5.32 Å². The summed E-state index contributed by atoms with van der Waals surface area (Å²) in [5, 5.41) is 5.04. The van der Waals surface area contributed by atoms with Crippen LogP contribution in [0.4, 0.5) is 0 Å². The highest BCUT2D eigenvalue weighted by atomic mass is 35.5. The summed E-state index contributed by atoms with van der Waals surface area (Å²) in [7, 11) is 0. The number of nitrogens with zero attached hydrogens (tertiary/aromatic N) is 1. The molecule has 1 N–H and O–H groups in total. The first kappa shape index (κ1) is 19.2. The molecule has 1 aliphatic heterocycles. The first-order valence-electron chi connectivity index (χ1n) is 9.43. The molecule has 5 nitrogen and oxygen atoms in total. The molecule has 3 aromatic rings. The number of benzene rings is 3. The van der Waals surface area contributed by atoms with E-state index in [9.17, 15) is 14.4 Å². The van der Waals surface area contributed by atoms with Gasteiger partial charge in [0.15, 0.2) is 0 Å². The summed E-state index contributed by atoms with van der Waals surface area (Å²) < 4.78 is 0. The van der Waals surface area contributed by atoms with Crippen molar-refractivity contribution in [1.29, 1.82) is 0 Å². The molecular weight excluding hydrogens is 388 g/mol. The number of halogens is 1. The molecule has 0 fully saturated rings. The highest BCUT2D eigenvalue weighted by Crippen LogP contribution is 2.30. The van der Waals surface area contributed by atoms with Crippen molar-refractivity contribution < 1.29 is 14.4 Å². The van der Waals surface area contributed by atoms with E-state index in [1.54, 1.807) is 24.3 Å². The monoisotopic (exact) mass is 406 g/mol. The van der Waals surface area contributed by atoms with Gasteiger partial charge in [0, 0.05) is 41.0 Å². The van der Waals surface area contributed by atoms with Crippen molar-refractivity contribution in [2.75, 3.05) is 6.54 Å². The van der Waals surface area contributed by atoms with Gasteiger partial charge >= 0.3 is 0 Å². The van der Waals surface area contributed by atoms with Crippen molar-refractivity contribution in [3.63, 3.8) is 0 Å². The van der Waals surface area contributed by atoms with E-state index in [4.69, 9.17) is 11.6 Å². The lowest BCUT2D eigenvalue weighted by Crippen LogP contribution is -2.41. The summed E-state index contributed by atoms with van der Waals surface area (Å²) >= 11 is 5.94. The van der Waals surface area contributed by atoms with Gasteiger partial charge < -0.3 is 5.32 Å². The quantitative estimate of drug-likeness (QED) is 0.624. The van der Waals surface area contributed by atoms with Crippen LogP contribution in [0.25, 0.3) is 10.8 Å². The Labute approximate surface area is 173 Å². The van der Waals surface area contributed by atoms with E-state index in [2.05, 4.69) is 5.32 Å². The molecule has 0 saturated heterocycles. The molecule has 0 aliphatic carbocycles. The van der Waals surface area contributed by atoms with Crippen LogP contribution in [0.5, 0.6) is 0 Å². The number of carbonyl (C=O) groups excluding carboxylic acids is 3. The van der Waals surface area contributed by atoms with Gasteiger partial charge in [-0.2, -0.15) is 0 Å². The second kappa shape index (κ2) is 8.05. The van der Waals surface area contributed by atoms with E-state index in [0.717, 1.165) is 10.9 Å². The normalized spacial score (nSPS) is 13.1. The molecule has 4 rings (SSSR count). The third-order valence-electron chi connectivity index (χ3n) is 5.02. The zero-order chi connectivity index (χ0) is 20.4. The summed E-state index contributed by atoms with van der Waals surface area (Å²) in [6, 6.07) is 18.2. The molecule has 0 atom stereocenters. The second-order valence-corrected chi connectivity index (χ2v) is 7.42. The Bertz CT molecular complexity index is 1080. The zero-order valence-corrected chi connectivity index (χ0v) is 16.4. The molecule has 3 amide bonds. The lowest BCUT2D eigenvalue weighted by molar-refractivity contribution is -0.121. The Morgan fingerprint density at radius 3 is 2.24 bits per heavy atom. The molecule has 0 spiro atoms. The van der Waals surface area contributed by atoms with Crippen molar-refractivity contribution in [2.45, 2.75) is 19.4 Å². The van der Waals surface area contributed by atoms with Crippen LogP contribution in [0.1, 0.15) is 39.1 Å². The minimum atomic E-state index is -0.307. The lowest BCUT2D eigenvalue weighted by atomic mass is 9.94. The largest absolute Gasteiger partial charge is 0.352 e. The maximum Gasteiger partial charge on any atom is 0.261 e. The lowest BCUT2D eigenvalue weighted by Gasteiger charge is -2.27. The molecule has 29 heavy (non-hydrogen) atoms. The van der Waals surface area contributed by atoms with Crippen LogP contribution in [0.3, 0.4) is 0 Å². The Morgan fingerprint density at radius 2 is 1.59 bits per heavy atom. The van der Waals surface area contributed by atoms with Gasteiger partial charge in [-0.25, -0.2) is 0 Å². The molecule has 0 saturated carbocycles. The minimum absolute atomic E-state index is 0.135. The highest BCUT2D eigenvalue weighted by Gasteiger charge is 2.32. The predicted molar refractivity (Wildman–Crippen MR) is 112 cm³/mol. The highest BCUT2D eigenvalue weighted by molar-refractivity contribution is 6.30. The summed E-state index contributed by atoms with van der Waals surface area (Å²) in [6.07, 6.45) is 0.625. The minimum Gasteiger partial charge on any atom is -0.352 e. The predicted octanol–water partition coefficient (Wildman–Crippen LogP) is 4.19. The topological polar surface area (TPSA) is 66.5 Å². The summed E-state index contributed by atoms with van der Waals surface area (Å²) in [4.78, 5) is 39.0. The number of hydrogen-bond donors (Lipinski definition) is 1. The van der Waals surface area contributed by atoms with Crippen molar-refractivity contribution >= 4 is 40.1 Å². The number of hydrogen-bond acceptors (Lipinski definition) is 3. The van der Waals surface area contributed by atoms with Gasteiger partial charge in [-0.3, -0.25) is 19.3 Å². The fourth-order valence-electron chi connectivity index (χ4n) is 3.62. The van der Waals surface area contributed by atoms with Gasteiger partial charge in [0.1, 0.15) is 0 Å². The third-order valence-corrected chi connectivity index (χ3v) is 5.26. The average molecular weight is 407 g/mol. The Morgan fingerprint density at radius 1 is 0.931 bits per heavy atom. The first-order chi connectivity index (χ1) is 14.0. The zero-order valence-electron chi connectivity index (χ0n) is 15.7. The molecule has 1 aliphatic rings. The maximum atomic E-state index is 12.8. The van der Waals surface area contributed by atoms with Crippen LogP contribution in [-0.4, -0.2) is 29.2 Å². The van der Waals surface area contributed by atoms with Crippen LogP contribution in [0, 0.1) is 0 Å². The molecule has 0 bridgehead atoms. The fraction of sp³-hybridized carbons (Fsp3) is 0.174. The third kappa shape index (κ3) is 3.87. The van der Waals surface area contributed by atoms with Crippen molar-refractivity contribution in [3.05, 3.63) is 82.4 Å². The molecule has 6 heteroatoms. The Balaban J connectivity index is 1.37. The van der Waals surface area contributed by atoms with Crippen molar-refractivity contribution in [2.24, 2.45) is 0 Å². The van der Waals surface area contributed by atoms with Crippen LogP contribution >= 0.6 is 11.6 Å².